The first-order valence-corrected chi connectivity index (χ1v) is 8.43. The van der Waals surface area contributed by atoms with Gasteiger partial charge in [-0.3, -0.25) is 0 Å². The summed E-state index contributed by atoms with van der Waals surface area (Å²) in [6.45, 7) is 2.01. The van der Waals surface area contributed by atoms with Crippen LogP contribution in [0.15, 0.2) is 36.0 Å². The first-order valence-electron chi connectivity index (χ1n) is 7.67. The van der Waals surface area contributed by atoms with Gasteiger partial charge >= 0.3 is 0 Å². The maximum Gasteiger partial charge on any atom is 0.145 e. The summed E-state index contributed by atoms with van der Waals surface area (Å²) >= 11 is 12.2. The number of pyridine rings is 1. The van der Waals surface area contributed by atoms with Gasteiger partial charge in [-0.05, 0) is 35.4 Å². The van der Waals surface area contributed by atoms with Crippen molar-refractivity contribution in [2.75, 3.05) is 32.1 Å². The highest BCUT2D eigenvalue weighted by molar-refractivity contribution is 6.36. The quantitative estimate of drug-likeness (QED) is 0.870. The van der Waals surface area contributed by atoms with E-state index in [1.54, 1.807) is 6.07 Å². The van der Waals surface area contributed by atoms with Gasteiger partial charge in [0.2, 0.25) is 0 Å². The number of rotatable bonds is 5. The van der Waals surface area contributed by atoms with E-state index in [1.165, 1.54) is 0 Å². The lowest BCUT2D eigenvalue weighted by Gasteiger charge is -2.19. The van der Waals surface area contributed by atoms with Crippen molar-refractivity contribution in [1.29, 1.82) is 0 Å². The molecule has 0 atom stereocenters. The summed E-state index contributed by atoms with van der Waals surface area (Å²) in [5.41, 5.74) is 3.22. The molecule has 126 valence electrons. The lowest BCUT2D eigenvalue weighted by molar-refractivity contribution is 0.343. The number of benzene rings is 1. The molecule has 0 spiro atoms. The molecule has 1 aliphatic rings. The van der Waals surface area contributed by atoms with Crippen LogP contribution in [0.5, 0.6) is 5.75 Å². The van der Waals surface area contributed by atoms with E-state index in [0.717, 1.165) is 35.6 Å². The van der Waals surface area contributed by atoms with E-state index < -0.39 is 0 Å². The molecule has 0 fully saturated rings. The second kappa shape index (κ2) is 7.43. The van der Waals surface area contributed by atoms with Crippen molar-refractivity contribution in [3.63, 3.8) is 0 Å². The predicted octanol–water partition coefficient (Wildman–Crippen LogP) is 4.02. The van der Waals surface area contributed by atoms with E-state index in [9.17, 15) is 0 Å². The topological polar surface area (TPSA) is 37.4 Å². The fourth-order valence-electron chi connectivity index (χ4n) is 2.52. The molecule has 0 bridgehead atoms. The van der Waals surface area contributed by atoms with Crippen LogP contribution in [-0.2, 0) is 6.54 Å². The standard InChI is InChI=1S/C18H19Cl2N3O/c1-23(2)17-4-3-12(10-22-17)8-21-9-13-5-14-6-15(19)7-16(20)18(14)24-11-13/h3-7,10,21H,8-9,11H2,1-2H3. The zero-order chi connectivity index (χ0) is 17.1. The molecular formula is C18H19Cl2N3O. The van der Waals surface area contributed by atoms with Crippen LogP contribution in [0, 0.1) is 0 Å². The number of halogens is 2. The zero-order valence-corrected chi connectivity index (χ0v) is 15.2. The largest absolute Gasteiger partial charge is 0.487 e. The van der Waals surface area contributed by atoms with Crippen molar-refractivity contribution in [1.82, 2.24) is 10.3 Å². The van der Waals surface area contributed by atoms with Crippen LogP contribution in [0.2, 0.25) is 10.0 Å². The lowest BCUT2D eigenvalue weighted by Crippen LogP contribution is -2.21. The number of hydrogen-bond donors (Lipinski definition) is 1. The van der Waals surface area contributed by atoms with E-state index in [4.69, 9.17) is 27.9 Å². The van der Waals surface area contributed by atoms with Crippen molar-refractivity contribution in [2.45, 2.75) is 6.54 Å². The van der Waals surface area contributed by atoms with Gasteiger partial charge in [0.25, 0.3) is 0 Å². The Kier molecular flexibility index (Phi) is 5.29. The fourth-order valence-corrected chi connectivity index (χ4v) is 3.09. The minimum atomic E-state index is 0.527. The van der Waals surface area contributed by atoms with Crippen molar-refractivity contribution < 1.29 is 4.74 Å². The SMILES string of the molecule is CN(C)c1ccc(CNCC2=Cc3cc(Cl)cc(Cl)c3OC2)cn1. The number of fused-ring (bicyclic) bond motifs is 1. The van der Waals surface area contributed by atoms with Crippen molar-refractivity contribution in [2.24, 2.45) is 0 Å². The molecule has 1 aliphatic heterocycles. The Balaban J connectivity index is 1.60. The molecule has 3 rings (SSSR count). The average molecular weight is 364 g/mol. The van der Waals surface area contributed by atoms with E-state index in [1.807, 2.05) is 37.3 Å². The van der Waals surface area contributed by atoms with Crippen LogP contribution in [0.4, 0.5) is 5.82 Å². The first-order chi connectivity index (χ1) is 11.5. The summed E-state index contributed by atoms with van der Waals surface area (Å²) in [6.07, 6.45) is 3.97. The summed E-state index contributed by atoms with van der Waals surface area (Å²) in [5.74, 6) is 1.65. The second-order valence-electron chi connectivity index (χ2n) is 5.92. The predicted molar refractivity (Wildman–Crippen MR) is 100 cm³/mol. The van der Waals surface area contributed by atoms with Crippen LogP contribution in [-0.4, -0.2) is 32.2 Å². The Hall–Kier alpha value is -1.75. The Bertz CT molecular complexity index is 758. The Morgan fingerprint density at radius 1 is 1.21 bits per heavy atom. The number of ether oxygens (including phenoxy) is 1. The summed E-state index contributed by atoms with van der Waals surface area (Å²) in [5, 5.41) is 4.57. The molecule has 1 aromatic heterocycles. The monoisotopic (exact) mass is 363 g/mol. The van der Waals surface area contributed by atoms with Gasteiger partial charge in [0.15, 0.2) is 0 Å². The molecule has 4 nitrogen and oxygen atoms in total. The van der Waals surface area contributed by atoms with Gasteiger partial charge in [-0.2, -0.15) is 0 Å². The first kappa shape index (κ1) is 17.1. The highest BCUT2D eigenvalue weighted by atomic mass is 35.5. The minimum Gasteiger partial charge on any atom is -0.487 e. The molecule has 2 aromatic rings. The molecule has 0 unspecified atom stereocenters. The third kappa shape index (κ3) is 4.01. The van der Waals surface area contributed by atoms with E-state index in [-0.39, 0.29) is 0 Å². The second-order valence-corrected chi connectivity index (χ2v) is 6.76. The highest BCUT2D eigenvalue weighted by Gasteiger charge is 2.15. The Labute approximate surface area is 152 Å². The third-order valence-electron chi connectivity index (χ3n) is 3.75. The zero-order valence-electron chi connectivity index (χ0n) is 13.6. The van der Waals surface area contributed by atoms with Gasteiger partial charge in [-0.25, -0.2) is 4.98 Å². The molecule has 6 heteroatoms. The van der Waals surface area contributed by atoms with Gasteiger partial charge in [0.1, 0.15) is 18.2 Å². The van der Waals surface area contributed by atoms with Crippen LogP contribution < -0.4 is 15.0 Å². The summed E-state index contributed by atoms with van der Waals surface area (Å²) in [4.78, 5) is 6.39. The third-order valence-corrected chi connectivity index (χ3v) is 4.25. The molecule has 0 aliphatic carbocycles. The number of nitrogens with one attached hydrogen (secondary N) is 1. The maximum absolute atomic E-state index is 6.15. The number of nitrogens with zero attached hydrogens (tertiary/aromatic N) is 2. The molecule has 1 N–H and O–H groups in total. The Morgan fingerprint density at radius 2 is 2.04 bits per heavy atom. The van der Waals surface area contributed by atoms with Crippen molar-refractivity contribution in [3.05, 3.63) is 57.2 Å². The van der Waals surface area contributed by atoms with Crippen molar-refractivity contribution >= 4 is 35.1 Å². The lowest BCUT2D eigenvalue weighted by atomic mass is 10.1. The van der Waals surface area contributed by atoms with Gasteiger partial charge < -0.3 is 15.0 Å². The van der Waals surface area contributed by atoms with E-state index in [0.29, 0.717) is 22.4 Å². The van der Waals surface area contributed by atoms with Crippen LogP contribution in [0.1, 0.15) is 11.1 Å². The number of aromatic nitrogens is 1. The average Bonchev–Trinajstić information content (AvgIpc) is 2.55. The molecule has 0 saturated heterocycles. The van der Waals surface area contributed by atoms with Crippen LogP contribution in [0.3, 0.4) is 0 Å². The van der Waals surface area contributed by atoms with E-state index >= 15 is 0 Å². The summed E-state index contributed by atoms with van der Waals surface area (Å²) in [6, 6.07) is 7.66. The van der Waals surface area contributed by atoms with Gasteiger partial charge in [0.05, 0.1) is 5.02 Å². The molecule has 1 aromatic carbocycles. The molecule has 0 saturated carbocycles. The summed E-state index contributed by atoms with van der Waals surface area (Å²) < 4.78 is 5.75. The van der Waals surface area contributed by atoms with E-state index in [2.05, 4.69) is 22.4 Å². The van der Waals surface area contributed by atoms with Gasteiger partial charge in [0, 0.05) is 44.0 Å². The molecule has 0 radical (unpaired) electrons. The minimum absolute atomic E-state index is 0.527. The summed E-state index contributed by atoms with van der Waals surface area (Å²) in [7, 11) is 3.96. The highest BCUT2D eigenvalue weighted by Crippen LogP contribution is 2.36. The van der Waals surface area contributed by atoms with Crippen LogP contribution >= 0.6 is 23.2 Å². The molecular weight excluding hydrogens is 345 g/mol. The fraction of sp³-hybridized carbons (Fsp3) is 0.278. The number of hydrogen-bond acceptors (Lipinski definition) is 4. The smallest absolute Gasteiger partial charge is 0.145 e. The van der Waals surface area contributed by atoms with Crippen LogP contribution in [0.25, 0.3) is 6.08 Å². The normalized spacial score (nSPS) is 13.1. The van der Waals surface area contributed by atoms with Gasteiger partial charge in [-0.15, -0.1) is 0 Å². The molecule has 0 amide bonds. The molecule has 2 heterocycles. The van der Waals surface area contributed by atoms with Gasteiger partial charge in [-0.1, -0.05) is 29.3 Å². The van der Waals surface area contributed by atoms with Crippen molar-refractivity contribution in [3.8, 4) is 5.75 Å². The maximum atomic E-state index is 6.15. The molecule has 24 heavy (non-hydrogen) atoms. The Morgan fingerprint density at radius 3 is 2.75 bits per heavy atom. The number of anilines is 1.